The van der Waals surface area contributed by atoms with Gasteiger partial charge in [0.25, 0.3) is 0 Å². The lowest BCUT2D eigenvalue weighted by Gasteiger charge is -2.29. The molecule has 1 saturated carbocycles. The van der Waals surface area contributed by atoms with Crippen LogP contribution in [0.15, 0.2) is 18.2 Å². The van der Waals surface area contributed by atoms with Gasteiger partial charge in [-0.3, -0.25) is 0 Å². The highest BCUT2D eigenvalue weighted by molar-refractivity contribution is 5.57. The average Bonchev–Trinajstić information content (AvgIpc) is 2.61. The molecule has 1 aromatic rings. The Morgan fingerprint density at radius 1 is 1.41 bits per heavy atom. The number of hydrogen-bond acceptors (Lipinski definition) is 2. The first kappa shape index (κ1) is 12.2. The molecule has 1 aliphatic carbocycles. The van der Waals surface area contributed by atoms with Crippen LogP contribution in [-0.2, 0) is 0 Å². The Balaban J connectivity index is 2.18. The monoisotopic (exact) mass is 237 g/mol. The van der Waals surface area contributed by atoms with E-state index in [-0.39, 0.29) is 5.82 Å². The quantitative estimate of drug-likeness (QED) is 0.862. The van der Waals surface area contributed by atoms with E-state index in [0.717, 1.165) is 12.1 Å². The molecular weight excluding hydrogens is 217 g/mol. The van der Waals surface area contributed by atoms with Gasteiger partial charge < -0.3 is 10.1 Å². The fraction of sp³-hybridized carbons (Fsp3) is 0.571. The lowest BCUT2D eigenvalue weighted by molar-refractivity contribution is 0.348. The minimum atomic E-state index is -0.266. The Bertz CT molecular complexity index is 403. The molecule has 0 aromatic heterocycles. The van der Waals surface area contributed by atoms with E-state index < -0.39 is 0 Å². The molecule has 3 heteroatoms. The van der Waals surface area contributed by atoms with Crippen molar-refractivity contribution >= 4 is 5.69 Å². The molecule has 1 fully saturated rings. The van der Waals surface area contributed by atoms with Crippen molar-refractivity contribution < 1.29 is 9.13 Å². The summed E-state index contributed by atoms with van der Waals surface area (Å²) in [7, 11) is 1.57. The van der Waals surface area contributed by atoms with Gasteiger partial charge in [0, 0.05) is 12.1 Å². The molecule has 1 N–H and O–H groups in total. The number of benzene rings is 1. The molecule has 0 aliphatic heterocycles. The van der Waals surface area contributed by atoms with E-state index in [2.05, 4.69) is 19.2 Å². The lowest BCUT2D eigenvalue weighted by atomic mass is 9.87. The second kappa shape index (κ2) is 4.55. The molecular formula is C14H20FNO. The first-order valence-corrected chi connectivity index (χ1v) is 6.13. The van der Waals surface area contributed by atoms with Crippen molar-refractivity contribution in [2.24, 2.45) is 5.41 Å². The van der Waals surface area contributed by atoms with Gasteiger partial charge in [0.1, 0.15) is 11.6 Å². The largest absolute Gasteiger partial charge is 0.494 e. The van der Waals surface area contributed by atoms with Crippen molar-refractivity contribution in [2.75, 3.05) is 12.4 Å². The van der Waals surface area contributed by atoms with Crippen molar-refractivity contribution in [3.05, 3.63) is 24.0 Å². The third-order valence-corrected chi connectivity index (χ3v) is 3.75. The Morgan fingerprint density at radius 2 is 2.18 bits per heavy atom. The number of ether oxygens (including phenoxy) is 1. The molecule has 0 bridgehead atoms. The van der Waals surface area contributed by atoms with Crippen LogP contribution >= 0.6 is 0 Å². The Hall–Kier alpha value is -1.25. The second-order valence-electron chi connectivity index (χ2n) is 5.42. The van der Waals surface area contributed by atoms with Gasteiger partial charge in [-0.25, -0.2) is 4.39 Å². The van der Waals surface area contributed by atoms with Gasteiger partial charge in [0.15, 0.2) is 0 Å². The molecule has 17 heavy (non-hydrogen) atoms. The number of methoxy groups -OCH3 is 1. The Labute approximate surface area is 102 Å². The predicted octanol–water partition coefficient (Wildman–Crippen LogP) is 3.82. The number of rotatable bonds is 3. The molecule has 0 radical (unpaired) electrons. The average molecular weight is 237 g/mol. The Kier molecular flexibility index (Phi) is 3.27. The molecule has 2 rings (SSSR count). The molecule has 1 aromatic carbocycles. The third-order valence-electron chi connectivity index (χ3n) is 3.75. The highest BCUT2D eigenvalue weighted by Gasteiger charge is 2.34. The van der Waals surface area contributed by atoms with Gasteiger partial charge in [-0.15, -0.1) is 0 Å². The van der Waals surface area contributed by atoms with E-state index in [9.17, 15) is 4.39 Å². The standard InChI is InChI=1S/C14H20FNO/c1-14(2)8-4-5-13(14)16-11-7-6-10(15)9-12(11)17-3/h6-7,9,13,16H,4-5,8H2,1-3H3. The molecule has 0 saturated heterocycles. The van der Waals surface area contributed by atoms with Crippen molar-refractivity contribution in [3.8, 4) is 5.75 Å². The van der Waals surface area contributed by atoms with Crippen LogP contribution in [-0.4, -0.2) is 13.2 Å². The van der Waals surface area contributed by atoms with Gasteiger partial charge in [0.2, 0.25) is 0 Å². The lowest BCUT2D eigenvalue weighted by Crippen LogP contribution is -2.30. The summed E-state index contributed by atoms with van der Waals surface area (Å²) in [5.74, 6) is 0.311. The van der Waals surface area contributed by atoms with Crippen LogP contribution in [0.3, 0.4) is 0 Å². The van der Waals surface area contributed by atoms with E-state index in [4.69, 9.17) is 4.74 Å². The summed E-state index contributed by atoms with van der Waals surface area (Å²) in [4.78, 5) is 0. The highest BCUT2D eigenvalue weighted by atomic mass is 19.1. The Morgan fingerprint density at radius 3 is 2.76 bits per heavy atom. The number of nitrogens with one attached hydrogen (secondary N) is 1. The maximum absolute atomic E-state index is 13.1. The summed E-state index contributed by atoms with van der Waals surface area (Å²) in [6.07, 6.45) is 3.63. The third kappa shape index (κ3) is 2.54. The molecule has 2 nitrogen and oxygen atoms in total. The summed E-state index contributed by atoms with van der Waals surface area (Å²) in [5.41, 5.74) is 1.17. The summed E-state index contributed by atoms with van der Waals surface area (Å²) >= 11 is 0. The number of anilines is 1. The molecule has 1 unspecified atom stereocenters. The van der Waals surface area contributed by atoms with Crippen molar-refractivity contribution in [2.45, 2.75) is 39.2 Å². The predicted molar refractivity (Wildman–Crippen MR) is 68.0 cm³/mol. The summed E-state index contributed by atoms with van der Waals surface area (Å²) in [6, 6.07) is 5.07. The summed E-state index contributed by atoms with van der Waals surface area (Å²) in [5, 5.41) is 3.49. The number of halogens is 1. The van der Waals surface area contributed by atoms with Crippen LogP contribution in [0.4, 0.5) is 10.1 Å². The zero-order valence-electron chi connectivity index (χ0n) is 10.7. The molecule has 0 heterocycles. The van der Waals surface area contributed by atoms with E-state index in [1.165, 1.54) is 25.0 Å². The molecule has 1 atom stereocenters. The van der Waals surface area contributed by atoms with Gasteiger partial charge in [-0.2, -0.15) is 0 Å². The van der Waals surface area contributed by atoms with Crippen LogP contribution in [0.1, 0.15) is 33.1 Å². The van der Waals surface area contributed by atoms with E-state index in [1.807, 2.05) is 0 Å². The van der Waals surface area contributed by atoms with Crippen LogP contribution in [0.5, 0.6) is 5.75 Å². The first-order valence-electron chi connectivity index (χ1n) is 6.13. The van der Waals surface area contributed by atoms with E-state index in [0.29, 0.717) is 17.2 Å². The second-order valence-corrected chi connectivity index (χ2v) is 5.42. The van der Waals surface area contributed by atoms with Gasteiger partial charge >= 0.3 is 0 Å². The van der Waals surface area contributed by atoms with Crippen molar-refractivity contribution in [1.29, 1.82) is 0 Å². The molecule has 1 aliphatic rings. The van der Waals surface area contributed by atoms with Crippen LogP contribution < -0.4 is 10.1 Å². The minimum Gasteiger partial charge on any atom is -0.494 e. The van der Waals surface area contributed by atoms with Crippen molar-refractivity contribution in [1.82, 2.24) is 0 Å². The first-order chi connectivity index (χ1) is 8.03. The maximum atomic E-state index is 13.1. The minimum absolute atomic E-state index is 0.266. The van der Waals surface area contributed by atoms with E-state index in [1.54, 1.807) is 13.2 Å². The summed E-state index contributed by atoms with van der Waals surface area (Å²) in [6.45, 7) is 4.54. The zero-order chi connectivity index (χ0) is 12.5. The number of hydrogen-bond donors (Lipinski definition) is 1. The molecule has 0 amide bonds. The van der Waals surface area contributed by atoms with Crippen LogP contribution in [0.2, 0.25) is 0 Å². The van der Waals surface area contributed by atoms with Gasteiger partial charge in [0.05, 0.1) is 12.8 Å². The van der Waals surface area contributed by atoms with Gasteiger partial charge in [-0.1, -0.05) is 20.3 Å². The normalized spacial score (nSPS) is 22.5. The zero-order valence-corrected chi connectivity index (χ0v) is 10.7. The topological polar surface area (TPSA) is 21.3 Å². The maximum Gasteiger partial charge on any atom is 0.144 e. The van der Waals surface area contributed by atoms with Crippen LogP contribution in [0.25, 0.3) is 0 Å². The SMILES string of the molecule is COc1cc(F)ccc1NC1CCCC1(C)C. The smallest absolute Gasteiger partial charge is 0.144 e. The molecule has 0 spiro atoms. The fourth-order valence-electron chi connectivity index (χ4n) is 2.57. The fourth-order valence-corrected chi connectivity index (χ4v) is 2.57. The summed E-state index contributed by atoms with van der Waals surface area (Å²) < 4.78 is 18.3. The molecule has 94 valence electrons. The van der Waals surface area contributed by atoms with Gasteiger partial charge in [-0.05, 0) is 30.4 Å². The van der Waals surface area contributed by atoms with E-state index >= 15 is 0 Å². The highest BCUT2D eigenvalue weighted by Crippen LogP contribution is 2.40. The van der Waals surface area contributed by atoms with Crippen LogP contribution in [0, 0.1) is 11.2 Å². The van der Waals surface area contributed by atoms with Crippen molar-refractivity contribution in [3.63, 3.8) is 0 Å².